The molecule has 3 rings (SSSR count). The number of rotatable bonds is 6. The van der Waals surface area contributed by atoms with Gasteiger partial charge < -0.3 is 15.0 Å². The van der Waals surface area contributed by atoms with Crippen LogP contribution in [0.5, 0.6) is 0 Å². The minimum atomic E-state index is -0.961. The number of ether oxygens (including phenoxy) is 1. The van der Waals surface area contributed by atoms with Crippen LogP contribution in [0.2, 0.25) is 0 Å². The first-order valence-corrected chi connectivity index (χ1v) is 9.26. The third-order valence-corrected chi connectivity index (χ3v) is 4.88. The largest absolute Gasteiger partial charge is 0.347 e. The Morgan fingerprint density at radius 3 is 2.52 bits per heavy atom. The van der Waals surface area contributed by atoms with E-state index in [-0.39, 0.29) is 29.5 Å². The predicted molar refractivity (Wildman–Crippen MR) is 100 cm³/mol. The van der Waals surface area contributed by atoms with Crippen molar-refractivity contribution in [2.75, 3.05) is 13.2 Å². The van der Waals surface area contributed by atoms with Crippen molar-refractivity contribution in [3.05, 3.63) is 60.0 Å². The Balaban J connectivity index is 1.57. The van der Waals surface area contributed by atoms with Gasteiger partial charge in [0.25, 0.3) is 0 Å². The van der Waals surface area contributed by atoms with Gasteiger partial charge in [-0.05, 0) is 68.8 Å². The molecule has 1 amide bonds. The third kappa shape index (κ3) is 4.34. The zero-order chi connectivity index (χ0) is 19.4. The monoisotopic (exact) mass is 372 g/mol. The molecule has 0 aromatic heterocycles. The summed E-state index contributed by atoms with van der Waals surface area (Å²) in [6, 6.07) is 6.29. The van der Waals surface area contributed by atoms with E-state index in [1.165, 1.54) is 24.3 Å². The molecule has 1 atom stereocenters. The highest BCUT2D eigenvalue weighted by Gasteiger charge is 2.46. The van der Waals surface area contributed by atoms with Crippen molar-refractivity contribution in [3.63, 3.8) is 0 Å². The van der Waals surface area contributed by atoms with Gasteiger partial charge in [-0.3, -0.25) is 9.59 Å². The fourth-order valence-electron chi connectivity index (χ4n) is 3.49. The van der Waals surface area contributed by atoms with Crippen LogP contribution in [0.15, 0.2) is 48.6 Å². The quantitative estimate of drug-likeness (QED) is 0.780. The molecular formula is C21H25FN2O3. The summed E-state index contributed by atoms with van der Waals surface area (Å²) >= 11 is 0. The molecular weight excluding hydrogens is 347 g/mol. The van der Waals surface area contributed by atoms with Gasteiger partial charge in [-0.25, -0.2) is 4.39 Å². The van der Waals surface area contributed by atoms with E-state index in [1.807, 2.05) is 13.8 Å². The minimum Gasteiger partial charge on any atom is -0.347 e. The maximum absolute atomic E-state index is 13.0. The Hall–Kier alpha value is -2.31. The smallest absolute Gasteiger partial charge is 0.231 e. The average Bonchev–Trinajstić information content (AvgIpc) is 2.64. The summed E-state index contributed by atoms with van der Waals surface area (Å²) < 4.78 is 19.0. The number of benzene rings is 1. The number of ketones is 1. The lowest BCUT2D eigenvalue weighted by molar-refractivity contribution is -0.186. The summed E-state index contributed by atoms with van der Waals surface area (Å²) in [5.41, 5.74) is 0.0320. The number of nitrogens with one attached hydrogen (secondary N) is 1. The fraction of sp³-hybridized carbons (Fsp3) is 0.429. The first-order valence-electron chi connectivity index (χ1n) is 9.26. The molecule has 144 valence electrons. The molecule has 0 bridgehead atoms. The number of nitrogens with zero attached hydrogens (tertiary/aromatic N) is 1. The van der Waals surface area contributed by atoms with Crippen LogP contribution in [-0.2, 0) is 20.9 Å². The van der Waals surface area contributed by atoms with Gasteiger partial charge in [-0.15, -0.1) is 0 Å². The highest BCUT2D eigenvalue weighted by Crippen LogP contribution is 2.33. The predicted octanol–water partition coefficient (Wildman–Crippen LogP) is 2.58. The fourth-order valence-corrected chi connectivity index (χ4v) is 3.49. The maximum Gasteiger partial charge on any atom is 0.231 e. The Bertz CT molecular complexity index is 739. The Kier molecular flexibility index (Phi) is 5.87. The molecule has 1 unspecified atom stereocenters. The number of allylic oxidation sites excluding steroid dienone is 2. The Morgan fingerprint density at radius 2 is 1.89 bits per heavy atom. The standard InChI is InChI=1S/C21H25FN2O3/c1-15(2)24-20(26)17(14-27-21(24)10-7-19(25)8-11-21)9-12-23-13-16-3-5-18(22)6-4-16/h3-8,10-11,15,17,23H,9,12-14H2,1-2H3. The van der Waals surface area contributed by atoms with E-state index in [9.17, 15) is 14.0 Å². The van der Waals surface area contributed by atoms with Gasteiger partial charge in [-0.1, -0.05) is 12.1 Å². The van der Waals surface area contributed by atoms with Gasteiger partial charge in [0.15, 0.2) is 11.5 Å². The maximum atomic E-state index is 13.0. The number of halogens is 1. The Morgan fingerprint density at radius 1 is 1.22 bits per heavy atom. The van der Waals surface area contributed by atoms with Crippen molar-refractivity contribution in [2.24, 2.45) is 5.92 Å². The van der Waals surface area contributed by atoms with Crippen LogP contribution in [0.25, 0.3) is 0 Å². The van der Waals surface area contributed by atoms with E-state index in [1.54, 1.807) is 29.2 Å². The van der Waals surface area contributed by atoms with Crippen molar-refractivity contribution < 1.29 is 18.7 Å². The zero-order valence-electron chi connectivity index (χ0n) is 15.7. The molecule has 27 heavy (non-hydrogen) atoms. The minimum absolute atomic E-state index is 0.0310. The SMILES string of the molecule is CC(C)N1C(=O)C(CCNCc2ccc(F)cc2)COC12C=CC(=O)C=C2. The summed E-state index contributed by atoms with van der Waals surface area (Å²) in [4.78, 5) is 26.2. The third-order valence-electron chi connectivity index (χ3n) is 4.88. The number of carbonyl (C=O) groups is 2. The molecule has 1 N–H and O–H groups in total. The number of carbonyl (C=O) groups excluding carboxylic acids is 2. The average molecular weight is 372 g/mol. The summed E-state index contributed by atoms with van der Waals surface area (Å²) in [6.07, 6.45) is 6.87. The van der Waals surface area contributed by atoms with Crippen LogP contribution >= 0.6 is 0 Å². The molecule has 1 aliphatic carbocycles. The molecule has 1 aromatic rings. The van der Waals surface area contributed by atoms with Crippen LogP contribution in [0, 0.1) is 11.7 Å². The van der Waals surface area contributed by atoms with E-state index in [0.717, 1.165) is 5.56 Å². The van der Waals surface area contributed by atoms with Gasteiger partial charge in [0.05, 0.1) is 12.5 Å². The van der Waals surface area contributed by atoms with E-state index < -0.39 is 5.72 Å². The lowest BCUT2D eigenvalue weighted by atomic mass is 9.94. The summed E-state index contributed by atoms with van der Waals surface area (Å²) in [6.45, 7) is 5.46. The molecule has 0 radical (unpaired) electrons. The van der Waals surface area contributed by atoms with Crippen molar-refractivity contribution in [1.29, 1.82) is 0 Å². The van der Waals surface area contributed by atoms with Crippen LogP contribution < -0.4 is 5.32 Å². The Labute approximate surface area is 158 Å². The zero-order valence-corrected chi connectivity index (χ0v) is 15.7. The van der Waals surface area contributed by atoms with Crippen molar-refractivity contribution in [1.82, 2.24) is 10.2 Å². The molecule has 1 aliphatic heterocycles. The van der Waals surface area contributed by atoms with Gasteiger partial charge in [-0.2, -0.15) is 0 Å². The first-order chi connectivity index (χ1) is 12.9. The summed E-state index contributed by atoms with van der Waals surface area (Å²) in [7, 11) is 0. The van der Waals surface area contributed by atoms with Gasteiger partial charge in [0, 0.05) is 12.6 Å². The molecule has 1 fully saturated rings. The summed E-state index contributed by atoms with van der Waals surface area (Å²) in [5.74, 6) is -0.562. The van der Waals surface area contributed by atoms with Crippen LogP contribution in [0.3, 0.4) is 0 Å². The van der Waals surface area contributed by atoms with Crippen molar-refractivity contribution >= 4 is 11.7 Å². The van der Waals surface area contributed by atoms with Crippen LogP contribution in [-0.4, -0.2) is 41.5 Å². The molecule has 6 heteroatoms. The first kappa shape index (κ1) is 19.5. The van der Waals surface area contributed by atoms with Gasteiger partial charge >= 0.3 is 0 Å². The lowest BCUT2D eigenvalue weighted by Gasteiger charge is -2.48. The molecule has 0 saturated carbocycles. The summed E-state index contributed by atoms with van der Waals surface area (Å²) in [5, 5.41) is 3.29. The van der Waals surface area contributed by atoms with Crippen LogP contribution in [0.4, 0.5) is 4.39 Å². The van der Waals surface area contributed by atoms with E-state index in [4.69, 9.17) is 4.74 Å². The highest BCUT2D eigenvalue weighted by molar-refractivity contribution is 6.01. The number of hydrogen-bond donors (Lipinski definition) is 1. The van der Waals surface area contributed by atoms with E-state index in [2.05, 4.69) is 5.32 Å². The van der Waals surface area contributed by atoms with Crippen molar-refractivity contribution in [2.45, 2.75) is 38.6 Å². The molecule has 5 nitrogen and oxygen atoms in total. The second kappa shape index (κ2) is 8.15. The topological polar surface area (TPSA) is 58.6 Å². The van der Waals surface area contributed by atoms with E-state index in [0.29, 0.717) is 26.1 Å². The molecule has 1 heterocycles. The van der Waals surface area contributed by atoms with Gasteiger partial charge in [0.2, 0.25) is 5.91 Å². The molecule has 1 spiro atoms. The normalized spacial score (nSPS) is 21.5. The highest BCUT2D eigenvalue weighted by atomic mass is 19.1. The van der Waals surface area contributed by atoms with Crippen molar-refractivity contribution in [3.8, 4) is 0 Å². The molecule has 1 saturated heterocycles. The lowest BCUT2D eigenvalue weighted by Crippen LogP contribution is -2.61. The number of hydrogen-bond acceptors (Lipinski definition) is 4. The molecule has 1 aromatic carbocycles. The second-order valence-electron chi connectivity index (χ2n) is 7.22. The molecule has 2 aliphatic rings. The second-order valence-corrected chi connectivity index (χ2v) is 7.22. The van der Waals surface area contributed by atoms with E-state index >= 15 is 0 Å². The van der Waals surface area contributed by atoms with Gasteiger partial charge in [0.1, 0.15) is 5.82 Å². The number of amides is 1. The van der Waals surface area contributed by atoms with Crippen LogP contribution in [0.1, 0.15) is 25.8 Å².